The van der Waals surface area contributed by atoms with Crippen molar-refractivity contribution in [1.29, 1.82) is 0 Å². The molecule has 0 radical (unpaired) electrons. The van der Waals surface area contributed by atoms with Crippen molar-refractivity contribution in [2.75, 3.05) is 19.8 Å². The third-order valence-corrected chi connectivity index (χ3v) is 1.75. The molecule has 1 heterocycles. The van der Waals surface area contributed by atoms with Crippen LogP contribution >= 0.6 is 0 Å². The number of carbonyl (C=O) groups excluding carboxylic acids is 2. The van der Waals surface area contributed by atoms with Gasteiger partial charge in [0.25, 0.3) is 0 Å². The number of nitrogens with zero attached hydrogens (tertiary/aromatic N) is 1. The van der Waals surface area contributed by atoms with Gasteiger partial charge in [0.05, 0.1) is 25.3 Å². The maximum atomic E-state index is 11.3. The zero-order chi connectivity index (χ0) is 11.3. The Kier molecular flexibility index (Phi) is 4.03. The highest BCUT2D eigenvalue weighted by Crippen LogP contribution is 2.08. The van der Waals surface area contributed by atoms with Gasteiger partial charge in [-0.25, -0.2) is 9.59 Å². The van der Waals surface area contributed by atoms with Gasteiger partial charge in [-0.3, -0.25) is 4.99 Å². The summed E-state index contributed by atoms with van der Waals surface area (Å²) in [7, 11) is 0. The van der Waals surface area contributed by atoms with E-state index in [-0.39, 0.29) is 12.3 Å². The van der Waals surface area contributed by atoms with Gasteiger partial charge in [-0.05, 0) is 19.9 Å². The largest absolute Gasteiger partial charge is 0.463 e. The lowest BCUT2D eigenvalue weighted by Crippen LogP contribution is -2.14. The first-order chi connectivity index (χ1) is 7.19. The molecule has 0 amide bonds. The minimum Gasteiger partial charge on any atom is -0.463 e. The molecule has 0 bridgehead atoms. The van der Waals surface area contributed by atoms with Gasteiger partial charge in [0.15, 0.2) is 0 Å². The van der Waals surface area contributed by atoms with Crippen molar-refractivity contribution in [3.63, 3.8) is 0 Å². The molecule has 0 aromatic carbocycles. The van der Waals surface area contributed by atoms with E-state index in [9.17, 15) is 9.59 Å². The van der Waals surface area contributed by atoms with Gasteiger partial charge in [-0.15, -0.1) is 0 Å². The van der Waals surface area contributed by atoms with Gasteiger partial charge in [0, 0.05) is 0 Å². The number of aliphatic imine (C=N–C) groups is 1. The van der Waals surface area contributed by atoms with Crippen molar-refractivity contribution < 1.29 is 19.1 Å². The smallest absolute Gasteiger partial charge is 0.356 e. The predicted octanol–water partition coefficient (Wildman–Crippen LogP) is 0.494. The molecule has 0 N–H and O–H groups in total. The highest BCUT2D eigenvalue weighted by Gasteiger charge is 2.21. The standard InChI is InChI=1S/C10H13NO4/c1-3-14-9(12)7-5-8(11-6-7)10(13)15-4-2/h5H,3-4,6H2,1-2H3. The molecular formula is C10H13NO4. The maximum absolute atomic E-state index is 11.3. The van der Waals surface area contributed by atoms with Crippen molar-refractivity contribution in [3.8, 4) is 0 Å². The van der Waals surface area contributed by atoms with Gasteiger partial charge in [0.2, 0.25) is 0 Å². The van der Waals surface area contributed by atoms with Crippen LogP contribution in [0, 0.1) is 0 Å². The van der Waals surface area contributed by atoms with Crippen molar-refractivity contribution in [3.05, 3.63) is 11.6 Å². The molecule has 0 unspecified atom stereocenters. The Morgan fingerprint density at radius 2 is 1.87 bits per heavy atom. The molecule has 0 fully saturated rings. The highest BCUT2D eigenvalue weighted by atomic mass is 16.5. The normalized spacial score (nSPS) is 14.3. The van der Waals surface area contributed by atoms with Crippen LogP contribution in [-0.4, -0.2) is 37.4 Å². The molecule has 0 aliphatic carbocycles. The van der Waals surface area contributed by atoms with Crippen LogP contribution in [0.25, 0.3) is 0 Å². The van der Waals surface area contributed by atoms with E-state index in [2.05, 4.69) is 4.99 Å². The molecule has 0 saturated carbocycles. The lowest BCUT2D eigenvalue weighted by molar-refractivity contribution is -0.138. The highest BCUT2D eigenvalue weighted by molar-refractivity contribution is 6.42. The molecule has 0 spiro atoms. The fourth-order valence-electron chi connectivity index (χ4n) is 1.10. The van der Waals surface area contributed by atoms with E-state index in [0.29, 0.717) is 18.8 Å². The van der Waals surface area contributed by atoms with Crippen LogP contribution in [0.3, 0.4) is 0 Å². The number of esters is 2. The topological polar surface area (TPSA) is 65.0 Å². The quantitative estimate of drug-likeness (QED) is 0.635. The van der Waals surface area contributed by atoms with Gasteiger partial charge in [-0.1, -0.05) is 0 Å². The first-order valence-electron chi connectivity index (χ1n) is 4.78. The summed E-state index contributed by atoms with van der Waals surface area (Å²) in [6.07, 6.45) is 1.41. The molecular weight excluding hydrogens is 198 g/mol. The van der Waals surface area contributed by atoms with E-state index in [1.165, 1.54) is 6.08 Å². The summed E-state index contributed by atoms with van der Waals surface area (Å²) in [4.78, 5) is 26.4. The fourth-order valence-corrected chi connectivity index (χ4v) is 1.10. The first kappa shape index (κ1) is 11.4. The number of hydrogen-bond acceptors (Lipinski definition) is 5. The van der Waals surface area contributed by atoms with Crippen molar-refractivity contribution in [2.45, 2.75) is 13.8 Å². The zero-order valence-corrected chi connectivity index (χ0v) is 8.78. The van der Waals surface area contributed by atoms with Crippen molar-refractivity contribution in [1.82, 2.24) is 0 Å². The second-order valence-corrected chi connectivity index (χ2v) is 2.81. The average molecular weight is 211 g/mol. The monoisotopic (exact) mass is 211 g/mol. The number of ether oxygens (including phenoxy) is 2. The van der Waals surface area contributed by atoms with Crippen molar-refractivity contribution in [2.24, 2.45) is 4.99 Å². The van der Waals surface area contributed by atoms with Crippen LogP contribution < -0.4 is 0 Å². The molecule has 1 aliphatic heterocycles. The SMILES string of the molecule is CCOC(=O)C1=CC(C(=O)OCC)=NC1. The number of hydrogen-bond donors (Lipinski definition) is 0. The second-order valence-electron chi connectivity index (χ2n) is 2.81. The van der Waals surface area contributed by atoms with Crippen LogP contribution in [0.15, 0.2) is 16.6 Å². The van der Waals surface area contributed by atoms with Crippen LogP contribution in [-0.2, 0) is 19.1 Å². The lowest BCUT2D eigenvalue weighted by atomic mass is 10.2. The fraction of sp³-hybridized carbons (Fsp3) is 0.500. The minimum atomic E-state index is -0.503. The molecule has 5 nitrogen and oxygen atoms in total. The molecule has 15 heavy (non-hydrogen) atoms. The Morgan fingerprint density at radius 1 is 1.27 bits per heavy atom. The average Bonchev–Trinajstić information content (AvgIpc) is 2.67. The summed E-state index contributed by atoms with van der Waals surface area (Å²) in [5.41, 5.74) is 0.569. The number of rotatable bonds is 4. The van der Waals surface area contributed by atoms with Crippen LogP contribution in [0.4, 0.5) is 0 Å². The van der Waals surface area contributed by atoms with E-state index in [4.69, 9.17) is 9.47 Å². The predicted molar refractivity (Wildman–Crippen MR) is 53.7 cm³/mol. The summed E-state index contributed by atoms with van der Waals surface area (Å²) in [5.74, 6) is -0.933. The zero-order valence-electron chi connectivity index (χ0n) is 8.78. The third-order valence-electron chi connectivity index (χ3n) is 1.75. The van der Waals surface area contributed by atoms with Gasteiger partial charge >= 0.3 is 11.9 Å². The molecule has 0 aromatic heterocycles. The Morgan fingerprint density at radius 3 is 2.47 bits per heavy atom. The molecule has 1 aliphatic rings. The Hall–Kier alpha value is -1.65. The first-order valence-corrected chi connectivity index (χ1v) is 4.78. The lowest BCUT2D eigenvalue weighted by Gasteiger charge is -1.99. The second kappa shape index (κ2) is 5.29. The minimum absolute atomic E-state index is 0.180. The summed E-state index contributed by atoms with van der Waals surface area (Å²) in [6.45, 7) is 4.22. The number of carbonyl (C=O) groups is 2. The Balaban J connectivity index is 2.59. The molecule has 0 aromatic rings. The van der Waals surface area contributed by atoms with Crippen LogP contribution in [0.1, 0.15) is 13.8 Å². The maximum Gasteiger partial charge on any atom is 0.356 e. The molecule has 82 valence electrons. The van der Waals surface area contributed by atoms with Crippen LogP contribution in [0.5, 0.6) is 0 Å². The summed E-state index contributed by atoms with van der Waals surface area (Å²) in [6, 6.07) is 0. The van der Waals surface area contributed by atoms with Crippen molar-refractivity contribution >= 4 is 17.7 Å². The van der Waals surface area contributed by atoms with E-state index in [1.54, 1.807) is 13.8 Å². The molecule has 0 saturated heterocycles. The summed E-state index contributed by atoms with van der Waals surface area (Å²) < 4.78 is 9.53. The van der Waals surface area contributed by atoms with E-state index < -0.39 is 11.9 Å². The van der Waals surface area contributed by atoms with E-state index in [0.717, 1.165) is 0 Å². The summed E-state index contributed by atoms with van der Waals surface area (Å²) >= 11 is 0. The van der Waals surface area contributed by atoms with Crippen LogP contribution in [0.2, 0.25) is 0 Å². The van der Waals surface area contributed by atoms with E-state index in [1.807, 2.05) is 0 Å². The molecule has 5 heteroatoms. The Labute approximate surface area is 87.8 Å². The molecule has 1 rings (SSSR count). The Bertz CT molecular complexity index is 330. The summed E-state index contributed by atoms with van der Waals surface area (Å²) in [5, 5.41) is 0. The van der Waals surface area contributed by atoms with Gasteiger partial charge in [0.1, 0.15) is 5.71 Å². The molecule has 0 atom stereocenters. The van der Waals surface area contributed by atoms with E-state index >= 15 is 0 Å². The van der Waals surface area contributed by atoms with Gasteiger partial charge < -0.3 is 9.47 Å². The third kappa shape index (κ3) is 2.90. The van der Waals surface area contributed by atoms with Gasteiger partial charge in [-0.2, -0.15) is 0 Å².